The zero-order valence-electron chi connectivity index (χ0n) is 21.7. The molecule has 8 nitrogen and oxygen atoms in total. The molecule has 1 saturated heterocycles. The van der Waals surface area contributed by atoms with E-state index in [4.69, 9.17) is 16.3 Å². The van der Waals surface area contributed by atoms with E-state index in [9.17, 15) is 14.4 Å². The molecule has 2 aromatic carbocycles. The smallest absolute Gasteiger partial charge is 0.338 e. The first-order chi connectivity index (χ1) is 17.7. The van der Waals surface area contributed by atoms with E-state index in [1.54, 1.807) is 38.2 Å². The van der Waals surface area contributed by atoms with Crippen molar-refractivity contribution in [3.63, 3.8) is 0 Å². The quantitative estimate of drug-likeness (QED) is 0.577. The average molecular weight is 525 g/mol. The van der Waals surface area contributed by atoms with Crippen LogP contribution in [-0.2, 0) is 9.53 Å². The number of hydrogen-bond acceptors (Lipinski definition) is 5. The first-order valence-electron chi connectivity index (χ1n) is 12.5. The van der Waals surface area contributed by atoms with E-state index >= 15 is 0 Å². The van der Waals surface area contributed by atoms with Crippen LogP contribution in [-0.4, -0.2) is 78.5 Å². The molecule has 2 heterocycles. The van der Waals surface area contributed by atoms with Crippen LogP contribution in [0.4, 0.5) is 4.79 Å². The molecule has 2 atom stereocenters. The summed E-state index contributed by atoms with van der Waals surface area (Å²) in [6, 6.07) is 13.7. The maximum absolute atomic E-state index is 13.2. The van der Waals surface area contributed by atoms with Crippen LogP contribution in [0.3, 0.4) is 0 Å². The van der Waals surface area contributed by atoms with Gasteiger partial charge in [0.25, 0.3) is 5.91 Å². The number of hydrogen-bond donors (Lipinski definition) is 1. The van der Waals surface area contributed by atoms with Crippen LogP contribution in [0.5, 0.6) is 0 Å². The third kappa shape index (κ3) is 5.81. The highest BCUT2D eigenvalue weighted by atomic mass is 35.5. The molecule has 0 aliphatic carbocycles. The van der Waals surface area contributed by atoms with Crippen molar-refractivity contribution in [1.82, 2.24) is 20.0 Å². The van der Waals surface area contributed by atoms with E-state index in [-0.39, 0.29) is 24.6 Å². The molecule has 0 unspecified atom stereocenters. The average Bonchev–Trinajstić information content (AvgIpc) is 2.87. The van der Waals surface area contributed by atoms with Gasteiger partial charge < -0.3 is 15.0 Å². The molecular formula is C28H33ClN4O4. The van der Waals surface area contributed by atoms with E-state index in [1.165, 1.54) is 4.90 Å². The van der Waals surface area contributed by atoms with Crippen LogP contribution in [0.25, 0.3) is 0 Å². The molecular weight excluding hydrogens is 492 g/mol. The number of amides is 3. The van der Waals surface area contributed by atoms with Crippen molar-refractivity contribution < 1.29 is 19.1 Å². The predicted molar refractivity (Wildman–Crippen MR) is 142 cm³/mol. The number of carbonyl (C=O) groups excluding carboxylic acids is 3. The Balaban J connectivity index is 1.59. The maximum Gasteiger partial charge on any atom is 0.338 e. The first-order valence-corrected chi connectivity index (χ1v) is 12.9. The molecule has 0 aromatic heterocycles. The molecule has 0 bridgehead atoms. The van der Waals surface area contributed by atoms with E-state index in [1.807, 2.05) is 43.0 Å². The molecule has 2 aliphatic rings. The third-order valence-corrected chi connectivity index (χ3v) is 7.17. The maximum atomic E-state index is 13.2. The van der Waals surface area contributed by atoms with Crippen molar-refractivity contribution in [2.75, 3.05) is 39.8 Å². The fourth-order valence-corrected chi connectivity index (χ4v) is 4.98. The summed E-state index contributed by atoms with van der Waals surface area (Å²) in [5.74, 6) is -0.483. The molecule has 1 fully saturated rings. The molecule has 196 valence electrons. The Morgan fingerprint density at radius 2 is 1.76 bits per heavy atom. The summed E-state index contributed by atoms with van der Waals surface area (Å²) in [6.07, 6.45) is 0. The minimum absolute atomic E-state index is 0.0381. The van der Waals surface area contributed by atoms with E-state index < -0.39 is 12.0 Å². The number of esters is 1. The fraction of sp³-hybridized carbons (Fsp3) is 0.393. The molecule has 2 aromatic rings. The second-order valence-electron chi connectivity index (χ2n) is 9.52. The van der Waals surface area contributed by atoms with Gasteiger partial charge in [0.2, 0.25) is 0 Å². The summed E-state index contributed by atoms with van der Waals surface area (Å²) in [4.78, 5) is 44.8. The lowest BCUT2D eigenvalue weighted by molar-refractivity contribution is -0.139. The second kappa shape index (κ2) is 11.4. The Labute approximate surface area is 222 Å². The van der Waals surface area contributed by atoms with Crippen molar-refractivity contribution in [2.45, 2.75) is 32.9 Å². The number of benzene rings is 2. The topological polar surface area (TPSA) is 82.2 Å². The fourth-order valence-electron chi connectivity index (χ4n) is 4.86. The van der Waals surface area contributed by atoms with Gasteiger partial charge in [0.05, 0.1) is 18.2 Å². The van der Waals surface area contributed by atoms with Crippen LogP contribution in [0.15, 0.2) is 59.8 Å². The number of rotatable bonds is 6. The van der Waals surface area contributed by atoms with Gasteiger partial charge in [-0.25, -0.2) is 9.59 Å². The van der Waals surface area contributed by atoms with Gasteiger partial charge in [-0.3, -0.25) is 14.6 Å². The largest absolute Gasteiger partial charge is 0.463 e. The molecule has 0 saturated carbocycles. The summed E-state index contributed by atoms with van der Waals surface area (Å²) in [6.45, 7) is 8.11. The number of ether oxygens (including phenoxy) is 1. The summed E-state index contributed by atoms with van der Waals surface area (Å²) in [5, 5.41) is 3.55. The van der Waals surface area contributed by atoms with Gasteiger partial charge in [0.15, 0.2) is 0 Å². The highest BCUT2D eigenvalue weighted by Gasteiger charge is 2.38. The van der Waals surface area contributed by atoms with Gasteiger partial charge in [0, 0.05) is 55.6 Å². The molecule has 9 heteroatoms. The third-order valence-electron chi connectivity index (χ3n) is 6.92. The van der Waals surface area contributed by atoms with E-state index in [0.717, 1.165) is 11.1 Å². The molecule has 37 heavy (non-hydrogen) atoms. The number of likely N-dealkylation sites (N-methyl/N-ethyl adjacent to an activating group) is 1. The molecule has 0 radical (unpaired) electrons. The van der Waals surface area contributed by atoms with Gasteiger partial charge in [0.1, 0.15) is 0 Å². The van der Waals surface area contributed by atoms with Crippen molar-refractivity contribution in [3.05, 3.63) is 81.5 Å². The van der Waals surface area contributed by atoms with Crippen LogP contribution in [0.2, 0.25) is 5.02 Å². The first kappa shape index (κ1) is 26.7. The molecule has 1 N–H and O–H groups in total. The van der Waals surface area contributed by atoms with Gasteiger partial charge in [-0.15, -0.1) is 0 Å². The normalized spacial score (nSPS) is 20.6. The Kier molecular flexibility index (Phi) is 8.19. The number of nitrogens with zero attached hydrogens (tertiary/aromatic N) is 3. The standard InChI is InChI=1S/C28H33ClN4O4/c1-5-37-27(35)24-23(31(4)28(36)30-25(24)20-8-6-18(2)7-9-20)17-32-14-15-33(19(3)16-32)26(34)21-10-12-22(29)13-11-21/h6-13,19,25H,5,14-17H2,1-4H3,(H,30,36)/t19-,25+/m0/s1. The number of piperazine rings is 1. The second-order valence-corrected chi connectivity index (χ2v) is 9.96. The number of nitrogens with one attached hydrogen (secondary N) is 1. The lowest BCUT2D eigenvalue weighted by Gasteiger charge is -2.42. The predicted octanol–water partition coefficient (Wildman–Crippen LogP) is 4.01. The van der Waals surface area contributed by atoms with Gasteiger partial charge in [-0.1, -0.05) is 41.4 Å². The summed E-state index contributed by atoms with van der Waals surface area (Å²) in [5.41, 5.74) is 3.54. The van der Waals surface area contributed by atoms with E-state index in [0.29, 0.717) is 48.0 Å². The van der Waals surface area contributed by atoms with Crippen molar-refractivity contribution in [3.8, 4) is 0 Å². The minimum Gasteiger partial charge on any atom is -0.463 e. The summed E-state index contributed by atoms with van der Waals surface area (Å²) < 4.78 is 5.43. The summed E-state index contributed by atoms with van der Waals surface area (Å²) in [7, 11) is 1.67. The molecule has 3 amide bonds. The Morgan fingerprint density at radius 1 is 1.08 bits per heavy atom. The minimum atomic E-state index is -0.608. The zero-order valence-corrected chi connectivity index (χ0v) is 22.4. The van der Waals surface area contributed by atoms with Crippen LogP contribution < -0.4 is 5.32 Å². The molecule has 2 aliphatic heterocycles. The van der Waals surface area contributed by atoms with Crippen LogP contribution in [0.1, 0.15) is 41.4 Å². The summed E-state index contributed by atoms with van der Waals surface area (Å²) >= 11 is 5.97. The van der Waals surface area contributed by atoms with Crippen molar-refractivity contribution in [2.24, 2.45) is 0 Å². The van der Waals surface area contributed by atoms with Gasteiger partial charge in [-0.05, 0) is 50.6 Å². The number of halogens is 1. The SMILES string of the molecule is CCOC(=O)C1=C(CN2CCN(C(=O)c3ccc(Cl)cc3)[C@@H](C)C2)N(C)C(=O)N[C@@H]1c1ccc(C)cc1. The van der Waals surface area contributed by atoms with Crippen LogP contribution in [0, 0.1) is 6.92 Å². The Bertz CT molecular complexity index is 1200. The Hall–Kier alpha value is -3.36. The number of carbonyl (C=O) groups is 3. The lowest BCUT2D eigenvalue weighted by atomic mass is 9.93. The Morgan fingerprint density at radius 3 is 2.38 bits per heavy atom. The van der Waals surface area contributed by atoms with Crippen molar-refractivity contribution >= 4 is 29.5 Å². The van der Waals surface area contributed by atoms with E-state index in [2.05, 4.69) is 10.2 Å². The highest BCUT2D eigenvalue weighted by Crippen LogP contribution is 2.32. The number of urea groups is 1. The lowest BCUT2D eigenvalue weighted by Crippen LogP contribution is -2.56. The molecule has 4 rings (SSSR count). The van der Waals surface area contributed by atoms with Crippen molar-refractivity contribution in [1.29, 1.82) is 0 Å². The monoisotopic (exact) mass is 524 g/mol. The molecule has 0 spiro atoms. The zero-order chi connectivity index (χ0) is 26.7. The number of aryl methyl sites for hydroxylation is 1. The van der Waals surface area contributed by atoms with Gasteiger partial charge in [-0.2, -0.15) is 0 Å². The van der Waals surface area contributed by atoms with Gasteiger partial charge >= 0.3 is 12.0 Å². The van der Waals surface area contributed by atoms with Crippen LogP contribution >= 0.6 is 11.6 Å². The highest BCUT2D eigenvalue weighted by molar-refractivity contribution is 6.30.